The summed E-state index contributed by atoms with van der Waals surface area (Å²) in [6.45, 7) is 1.41. The predicted molar refractivity (Wildman–Crippen MR) is 108 cm³/mol. The van der Waals surface area contributed by atoms with Crippen molar-refractivity contribution in [1.29, 1.82) is 5.26 Å². The van der Waals surface area contributed by atoms with Crippen molar-refractivity contribution < 1.29 is 4.79 Å². The van der Waals surface area contributed by atoms with Gasteiger partial charge in [0.05, 0.1) is 17.3 Å². The predicted octanol–water partition coefficient (Wildman–Crippen LogP) is 3.21. The fourth-order valence-electron chi connectivity index (χ4n) is 3.23. The van der Waals surface area contributed by atoms with Crippen LogP contribution in [0.15, 0.2) is 53.6 Å². The Kier molecular flexibility index (Phi) is 4.92. The summed E-state index contributed by atoms with van der Waals surface area (Å²) in [7, 11) is 0. The lowest BCUT2D eigenvalue weighted by atomic mass is 10.1. The maximum atomic E-state index is 13.2. The number of aromatic nitrogens is 3. The lowest BCUT2D eigenvalue weighted by Gasteiger charge is -2.18. The van der Waals surface area contributed by atoms with Crippen molar-refractivity contribution in [1.82, 2.24) is 14.6 Å². The van der Waals surface area contributed by atoms with Gasteiger partial charge in [0.1, 0.15) is 17.1 Å². The number of benzene rings is 1. The first-order chi connectivity index (χ1) is 14.1. The fraction of sp³-hybridized carbons (Fsp3) is 0.227. The second-order valence-corrected chi connectivity index (χ2v) is 7.14. The van der Waals surface area contributed by atoms with Crippen molar-refractivity contribution in [3.8, 4) is 17.3 Å². The van der Waals surface area contributed by atoms with Gasteiger partial charge in [-0.15, -0.1) is 0 Å². The van der Waals surface area contributed by atoms with Gasteiger partial charge < -0.3 is 0 Å². The third-order valence-corrected chi connectivity index (χ3v) is 4.84. The zero-order chi connectivity index (χ0) is 20.4. The molecule has 1 saturated carbocycles. The van der Waals surface area contributed by atoms with Gasteiger partial charge in [0.15, 0.2) is 5.78 Å². The zero-order valence-corrected chi connectivity index (χ0v) is 15.9. The van der Waals surface area contributed by atoms with Gasteiger partial charge in [0.25, 0.3) is 5.56 Å². The number of anilines is 1. The van der Waals surface area contributed by atoms with Gasteiger partial charge in [-0.3, -0.25) is 20.0 Å². The van der Waals surface area contributed by atoms with Crippen LogP contribution in [0.5, 0.6) is 0 Å². The molecule has 0 atom stereocenters. The Labute approximate surface area is 167 Å². The number of Topliss-reactive ketones (excluding diaryl/α,β-unsaturated/α-hetero) is 1. The van der Waals surface area contributed by atoms with E-state index in [9.17, 15) is 9.59 Å². The van der Waals surface area contributed by atoms with Crippen molar-refractivity contribution in [2.75, 3.05) is 5.43 Å². The summed E-state index contributed by atoms with van der Waals surface area (Å²) >= 11 is 0. The highest BCUT2D eigenvalue weighted by atomic mass is 16.1. The normalized spacial score (nSPS) is 13.0. The van der Waals surface area contributed by atoms with Crippen molar-refractivity contribution in [2.24, 2.45) is 5.92 Å². The summed E-state index contributed by atoms with van der Waals surface area (Å²) in [5, 5.41) is 9.15. The summed E-state index contributed by atoms with van der Waals surface area (Å²) in [4.78, 5) is 34.4. The molecule has 0 spiro atoms. The average Bonchev–Trinajstić information content (AvgIpc) is 3.55. The lowest BCUT2D eigenvalue weighted by molar-refractivity contribution is 0.100. The van der Waals surface area contributed by atoms with Crippen molar-refractivity contribution in [3.63, 3.8) is 0 Å². The number of hydrogen-bond donors (Lipinski definition) is 1. The molecule has 2 aromatic heterocycles. The van der Waals surface area contributed by atoms with E-state index in [0.29, 0.717) is 40.5 Å². The number of carbonyl (C=O) groups is 1. The molecule has 7 heteroatoms. The third kappa shape index (κ3) is 3.92. The molecule has 1 aromatic carbocycles. The van der Waals surface area contributed by atoms with E-state index < -0.39 is 0 Å². The van der Waals surface area contributed by atoms with Crippen LogP contribution in [0.4, 0.5) is 5.69 Å². The molecule has 0 unspecified atom stereocenters. The van der Waals surface area contributed by atoms with Crippen LogP contribution in [-0.2, 0) is 6.42 Å². The monoisotopic (exact) mass is 385 g/mol. The lowest BCUT2D eigenvalue weighted by Crippen LogP contribution is -2.35. The van der Waals surface area contributed by atoms with E-state index in [0.717, 1.165) is 12.8 Å². The molecular weight excluding hydrogens is 366 g/mol. The molecule has 2 heterocycles. The summed E-state index contributed by atoms with van der Waals surface area (Å²) in [6.07, 6.45) is 5.99. The summed E-state index contributed by atoms with van der Waals surface area (Å²) in [5.41, 5.74) is 5.41. The highest BCUT2D eigenvalue weighted by molar-refractivity contribution is 5.98. The minimum absolute atomic E-state index is 0.170. The first-order valence-corrected chi connectivity index (χ1v) is 9.41. The molecule has 1 fully saturated rings. The standard InChI is InChI=1S/C22H19N5O2/c1-14(28)21-20(17-7-9-24-10-8-17)25-19(12-15-5-6-15)22(29)27(21)26-18-4-2-3-16(11-18)13-23/h2-4,7-11,15,26H,5-6,12H2,1H3. The van der Waals surface area contributed by atoms with Crippen molar-refractivity contribution in [3.05, 3.63) is 76.1 Å². The maximum absolute atomic E-state index is 13.2. The fourth-order valence-corrected chi connectivity index (χ4v) is 3.23. The molecule has 1 N–H and O–H groups in total. The quantitative estimate of drug-likeness (QED) is 0.654. The largest absolute Gasteiger partial charge is 0.293 e. The average molecular weight is 385 g/mol. The Morgan fingerprint density at radius 1 is 1.28 bits per heavy atom. The van der Waals surface area contributed by atoms with Gasteiger partial charge in [-0.2, -0.15) is 5.26 Å². The van der Waals surface area contributed by atoms with E-state index in [1.54, 1.807) is 48.8 Å². The SMILES string of the molecule is CC(=O)c1c(-c2ccncc2)nc(CC2CC2)c(=O)n1Nc1cccc(C#N)c1. The first kappa shape index (κ1) is 18.6. The number of nitrogens with zero attached hydrogens (tertiary/aromatic N) is 4. The van der Waals surface area contributed by atoms with E-state index in [1.165, 1.54) is 11.6 Å². The van der Waals surface area contributed by atoms with E-state index in [2.05, 4.69) is 21.5 Å². The van der Waals surface area contributed by atoms with Gasteiger partial charge >= 0.3 is 0 Å². The van der Waals surface area contributed by atoms with Crippen LogP contribution in [0.25, 0.3) is 11.3 Å². The number of hydrogen-bond acceptors (Lipinski definition) is 6. The van der Waals surface area contributed by atoms with E-state index in [-0.39, 0.29) is 17.0 Å². The molecule has 7 nitrogen and oxygen atoms in total. The Hall–Kier alpha value is -3.79. The molecule has 0 saturated heterocycles. The molecule has 1 aliphatic rings. The first-order valence-electron chi connectivity index (χ1n) is 9.41. The van der Waals surface area contributed by atoms with Gasteiger partial charge in [0.2, 0.25) is 0 Å². The van der Waals surface area contributed by atoms with Crippen LogP contribution in [-0.4, -0.2) is 20.4 Å². The van der Waals surface area contributed by atoms with Crippen LogP contribution in [0, 0.1) is 17.2 Å². The molecule has 0 amide bonds. The van der Waals surface area contributed by atoms with Crippen LogP contribution in [0.2, 0.25) is 0 Å². The van der Waals surface area contributed by atoms with Crippen molar-refractivity contribution >= 4 is 11.5 Å². The van der Waals surface area contributed by atoms with Gasteiger partial charge in [0, 0.05) is 24.9 Å². The molecular formula is C22H19N5O2. The van der Waals surface area contributed by atoms with E-state index in [1.807, 2.05) is 0 Å². The van der Waals surface area contributed by atoms with Crippen molar-refractivity contribution in [2.45, 2.75) is 26.2 Å². The van der Waals surface area contributed by atoms with Gasteiger partial charge in [-0.1, -0.05) is 6.07 Å². The Bertz CT molecular complexity index is 1170. The molecule has 0 radical (unpaired) electrons. The van der Waals surface area contributed by atoms with E-state index in [4.69, 9.17) is 5.26 Å². The summed E-state index contributed by atoms with van der Waals surface area (Å²) < 4.78 is 1.26. The van der Waals surface area contributed by atoms with Gasteiger partial charge in [-0.25, -0.2) is 9.66 Å². The molecule has 1 aliphatic carbocycles. The van der Waals surface area contributed by atoms with Crippen LogP contribution < -0.4 is 11.0 Å². The number of pyridine rings is 1. The minimum Gasteiger partial charge on any atom is -0.293 e. The van der Waals surface area contributed by atoms with Crippen LogP contribution in [0.3, 0.4) is 0 Å². The molecule has 144 valence electrons. The Morgan fingerprint density at radius 2 is 2.03 bits per heavy atom. The number of carbonyl (C=O) groups excluding carboxylic acids is 1. The third-order valence-electron chi connectivity index (χ3n) is 4.84. The van der Waals surface area contributed by atoms with Gasteiger partial charge in [-0.05, 0) is 55.5 Å². The number of rotatable bonds is 6. The second kappa shape index (κ2) is 7.68. The molecule has 0 bridgehead atoms. The Balaban J connectivity index is 1.92. The highest BCUT2D eigenvalue weighted by Crippen LogP contribution is 2.32. The smallest absolute Gasteiger partial charge is 0.291 e. The molecule has 0 aliphatic heterocycles. The minimum atomic E-state index is -0.345. The summed E-state index contributed by atoms with van der Waals surface area (Å²) in [5.74, 6) is 0.169. The topological polar surface area (TPSA) is 101 Å². The maximum Gasteiger partial charge on any atom is 0.291 e. The second-order valence-electron chi connectivity index (χ2n) is 7.14. The van der Waals surface area contributed by atoms with E-state index >= 15 is 0 Å². The molecule has 4 rings (SSSR count). The number of ketones is 1. The summed E-state index contributed by atoms with van der Waals surface area (Å²) in [6, 6.07) is 12.4. The van der Waals surface area contributed by atoms with Crippen LogP contribution >= 0.6 is 0 Å². The Morgan fingerprint density at radius 3 is 2.69 bits per heavy atom. The highest BCUT2D eigenvalue weighted by Gasteiger charge is 2.27. The molecule has 29 heavy (non-hydrogen) atoms. The number of nitrogens with one attached hydrogen (secondary N) is 1. The molecule has 3 aromatic rings. The number of nitriles is 1. The zero-order valence-electron chi connectivity index (χ0n) is 15.9. The van der Waals surface area contributed by atoms with Crippen LogP contribution in [0.1, 0.15) is 41.5 Å².